The molecule has 3 heterocycles. The first-order valence-corrected chi connectivity index (χ1v) is 17.5. The van der Waals surface area contributed by atoms with E-state index in [1.54, 1.807) is 12.1 Å². The van der Waals surface area contributed by atoms with Crippen molar-refractivity contribution >= 4 is 34.7 Å². The van der Waals surface area contributed by atoms with E-state index in [-0.39, 0.29) is 28.9 Å². The number of hydrogen-bond donors (Lipinski definition) is 0. The van der Waals surface area contributed by atoms with Crippen molar-refractivity contribution in [3.8, 4) is 11.3 Å². The molecule has 1 amide bonds. The van der Waals surface area contributed by atoms with Crippen molar-refractivity contribution in [3.63, 3.8) is 0 Å². The van der Waals surface area contributed by atoms with E-state index in [1.807, 2.05) is 74.4 Å². The Kier molecular flexibility index (Phi) is 9.14. The Morgan fingerprint density at radius 2 is 1.52 bits per heavy atom. The van der Waals surface area contributed by atoms with E-state index in [9.17, 15) is 18.0 Å². The molecule has 7 rings (SSSR count). The van der Waals surface area contributed by atoms with E-state index in [4.69, 9.17) is 5.10 Å². The van der Waals surface area contributed by atoms with Crippen LogP contribution in [-0.2, 0) is 6.18 Å². The molecule has 0 spiro atoms. The third kappa shape index (κ3) is 6.67. The van der Waals surface area contributed by atoms with Crippen molar-refractivity contribution in [2.75, 3.05) is 38.0 Å². The number of alkyl halides is 3. The van der Waals surface area contributed by atoms with Gasteiger partial charge in [0.2, 0.25) is 0 Å². The van der Waals surface area contributed by atoms with Gasteiger partial charge in [-0.2, -0.15) is 23.4 Å². The highest BCUT2D eigenvalue weighted by Gasteiger charge is 2.45. The summed E-state index contributed by atoms with van der Waals surface area (Å²) in [5.41, 5.74) is 6.40. The molecule has 8 nitrogen and oxygen atoms in total. The topological polar surface area (TPSA) is 69.3 Å². The predicted octanol–water partition coefficient (Wildman–Crippen LogP) is 9.11. The maximum absolute atomic E-state index is 14.5. The Bertz CT molecular complexity index is 2160. The molecule has 0 unspecified atom stereocenters. The Morgan fingerprint density at radius 3 is 2.12 bits per heavy atom. The summed E-state index contributed by atoms with van der Waals surface area (Å²) in [5, 5.41) is 10.6. The molecule has 11 heteroatoms. The maximum Gasteiger partial charge on any atom is 0.433 e. The van der Waals surface area contributed by atoms with Gasteiger partial charge in [-0.05, 0) is 83.9 Å². The summed E-state index contributed by atoms with van der Waals surface area (Å²) < 4.78 is 44.3. The molecule has 1 aliphatic carbocycles. The molecule has 2 aliphatic rings. The first-order chi connectivity index (χ1) is 24.8. The van der Waals surface area contributed by atoms with Crippen LogP contribution in [0.3, 0.4) is 0 Å². The molecule has 268 valence electrons. The molecular weight excluding hydrogens is 663 g/mol. The molecule has 3 aromatic carbocycles. The van der Waals surface area contributed by atoms with Crippen LogP contribution in [0, 0.1) is 5.92 Å². The van der Waals surface area contributed by atoms with E-state index in [0.29, 0.717) is 5.56 Å². The minimum Gasteiger partial charge on any atom is -0.378 e. The Labute approximate surface area is 301 Å². The van der Waals surface area contributed by atoms with Crippen LogP contribution in [-0.4, -0.2) is 59.4 Å². The van der Waals surface area contributed by atoms with Gasteiger partial charge in [0.05, 0.1) is 17.4 Å². The lowest BCUT2D eigenvalue weighted by Crippen LogP contribution is -2.32. The van der Waals surface area contributed by atoms with Crippen molar-refractivity contribution < 1.29 is 18.0 Å². The summed E-state index contributed by atoms with van der Waals surface area (Å²) in [5.74, 6) is -0.413. The lowest BCUT2D eigenvalue weighted by Gasteiger charge is -2.29. The van der Waals surface area contributed by atoms with Crippen LogP contribution in [0.5, 0.6) is 0 Å². The highest BCUT2D eigenvalue weighted by atomic mass is 19.4. The fraction of sp³-hybridized carbons (Fsp3) is 0.317. The van der Waals surface area contributed by atoms with Gasteiger partial charge in [0.25, 0.3) is 5.91 Å². The van der Waals surface area contributed by atoms with Gasteiger partial charge in [0.15, 0.2) is 17.0 Å². The second-order valence-corrected chi connectivity index (χ2v) is 14.3. The van der Waals surface area contributed by atoms with Crippen LogP contribution >= 0.6 is 0 Å². The SMILES string of the molecule is CC(C)c1ccc(-c2cc(C(F)(F)F)n3nc(C(=O)N4N=C5/C(=C\c6ccc(N(C)C)cc6)CCC[C@@H]5[C@@H]4c4ccc(N(C)C)cc4)cc3n2)cc1. The number of fused-ring (bicyclic) bond motifs is 2. The summed E-state index contributed by atoms with van der Waals surface area (Å²) in [7, 11) is 7.92. The van der Waals surface area contributed by atoms with Crippen molar-refractivity contribution in [1.82, 2.24) is 19.6 Å². The van der Waals surface area contributed by atoms with E-state index in [1.165, 1.54) is 11.1 Å². The number of nitrogens with zero attached hydrogens (tertiary/aromatic N) is 7. The number of hydrogen-bond acceptors (Lipinski definition) is 6. The molecule has 1 fully saturated rings. The molecular formula is C41H42F3N7O. The standard InChI is InChI=1S/C41H42F3N7O/c1-25(2)27-12-14-28(15-13-27)34-23-36(41(42,43)44)50-37(45-34)24-35(46-50)40(52)51-39(29-16-20-32(21-17-29)49(5)6)33-9-7-8-30(38(33)47-51)22-26-10-18-31(19-11-26)48(3)4/h10-25,33,39H,7-9H2,1-6H3/b30-22-/t33-,39-/m0/s1. The summed E-state index contributed by atoms with van der Waals surface area (Å²) in [6.07, 6.45) is -0.0983. The quantitative estimate of drug-likeness (QED) is 0.169. The summed E-state index contributed by atoms with van der Waals surface area (Å²) >= 11 is 0. The van der Waals surface area contributed by atoms with Crippen LogP contribution in [0.15, 0.2) is 95.6 Å². The van der Waals surface area contributed by atoms with Crippen molar-refractivity contribution in [1.29, 1.82) is 0 Å². The van der Waals surface area contributed by atoms with Gasteiger partial charge in [0.1, 0.15) is 0 Å². The first kappa shape index (κ1) is 35.0. The van der Waals surface area contributed by atoms with Crippen LogP contribution in [0.25, 0.3) is 23.0 Å². The van der Waals surface area contributed by atoms with Crippen LogP contribution in [0.2, 0.25) is 0 Å². The summed E-state index contributed by atoms with van der Waals surface area (Å²) in [4.78, 5) is 23.1. The first-order valence-electron chi connectivity index (χ1n) is 17.5. The van der Waals surface area contributed by atoms with E-state index < -0.39 is 23.8 Å². The van der Waals surface area contributed by atoms with Crippen LogP contribution in [0.4, 0.5) is 24.5 Å². The molecule has 52 heavy (non-hydrogen) atoms. The zero-order valence-electron chi connectivity index (χ0n) is 30.2. The zero-order chi connectivity index (χ0) is 36.9. The molecule has 0 radical (unpaired) electrons. The molecule has 0 N–H and O–H groups in total. The largest absolute Gasteiger partial charge is 0.433 e. The average Bonchev–Trinajstić information content (AvgIpc) is 3.74. The number of anilines is 2. The van der Waals surface area contributed by atoms with E-state index in [0.717, 1.165) is 69.2 Å². The fourth-order valence-corrected chi connectivity index (χ4v) is 7.13. The molecule has 2 aromatic heterocycles. The molecule has 2 atom stereocenters. The van der Waals surface area contributed by atoms with Gasteiger partial charge < -0.3 is 9.80 Å². The van der Waals surface area contributed by atoms with Crippen molar-refractivity contribution in [2.45, 2.75) is 51.2 Å². The number of halogens is 3. The monoisotopic (exact) mass is 705 g/mol. The van der Waals surface area contributed by atoms with E-state index in [2.05, 4.69) is 54.3 Å². The summed E-state index contributed by atoms with van der Waals surface area (Å²) in [6.45, 7) is 4.10. The third-order valence-corrected chi connectivity index (χ3v) is 10.0. The number of allylic oxidation sites excluding steroid dienone is 1. The Hall–Kier alpha value is -5.45. The zero-order valence-corrected chi connectivity index (χ0v) is 30.2. The third-order valence-electron chi connectivity index (χ3n) is 10.0. The van der Waals surface area contributed by atoms with Gasteiger partial charge in [-0.15, -0.1) is 0 Å². The number of benzene rings is 3. The van der Waals surface area contributed by atoms with Gasteiger partial charge in [-0.25, -0.2) is 14.5 Å². The van der Waals surface area contributed by atoms with Gasteiger partial charge >= 0.3 is 6.18 Å². The van der Waals surface area contributed by atoms with Crippen molar-refractivity contribution in [3.05, 3.63) is 119 Å². The second kappa shape index (κ2) is 13.6. The second-order valence-electron chi connectivity index (χ2n) is 14.3. The van der Waals surface area contributed by atoms with Crippen LogP contribution in [0.1, 0.15) is 77.9 Å². The predicted molar refractivity (Wildman–Crippen MR) is 201 cm³/mol. The van der Waals surface area contributed by atoms with Crippen LogP contribution < -0.4 is 9.80 Å². The molecule has 1 aliphatic heterocycles. The molecule has 0 saturated heterocycles. The number of carbonyl (C=O) groups excluding carboxylic acids is 1. The smallest absolute Gasteiger partial charge is 0.378 e. The number of hydrazone groups is 1. The minimum atomic E-state index is -4.75. The fourth-order valence-electron chi connectivity index (χ4n) is 7.13. The Balaban J connectivity index is 1.31. The Morgan fingerprint density at radius 1 is 0.885 bits per heavy atom. The minimum absolute atomic E-state index is 0.0704. The van der Waals surface area contributed by atoms with E-state index >= 15 is 0 Å². The highest BCUT2D eigenvalue weighted by Crippen LogP contribution is 2.45. The molecule has 1 saturated carbocycles. The lowest BCUT2D eigenvalue weighted by atomic mass is 9.77. The number of amides is 1. The molecule has 0 bridgehead atoms. The summed E-state index contributed by atoms with van der Waals surface area (Å²) in [6, 6.07) is 25.4. The highest BCUT2D eigenvalue weighted by molar-refractivity contribution is 6.09. The normalized spacial score (nSPS) is 18.2. The van der Waals surface area contributed by atoms with Gasteiger partial charge in [0, 0.05) is 57.1 Å². The maximum atomic E-state index is 14.5. The average molecular weight is 706 g/mol. The number of rotatable bonds is 7. The van der Waals surface area contributed by atoms with Gasteiger partial charge in [-0.1, -0.05) is 62.4 Å². The molecule has 5 aromatic rings. The lowest BCUT2D eigenvalue weighted by molar-refractivity contribution is -0.142. The van der Waals surface area contributed by atoms with Crippen molar-refractivity contribution in [2.24, 2.45) is 11.0 Å². The number of aromatic nitrogens is 3. The van der Waals surface area contributed by atoms with Gasteiger partial charge in [-0.3, -0.25) is 4.79 Å². The number of carbonyl (C=O) groups is 1.